The Morgan fingerprint density at radius 1 is 0.660 bits per heavy atom. The number of hydrogen-bond acceptors (Lipinski definition) is 10. The maximum Gasteiger partial charge on any atom is 0.336 e. The van der Waals surface area contributed by atoms with Crippen molar-refractivity contribution in [2.24, 2.45) is 4.99 Å². The Kier molecular flexibility index (Phi) is 15.6. The minimum absolute atomic E-state index is 0.268. The highest BCUT2D eigenvalue weighted by Crippen LogP contribution is 2.31. The predicted octanol–water partition coefficient (Wildman–Crippen LogP) is 6.84. The minimum atomic E-state index is -0.560. The second-order valence-electron chi connectivity index (χ2n) is 9.84. The second-order valence-corrected chi connectivity index (χ2v) is 9.84. The van der Waals surface area contributed by atoms with Crippen LogP contribution in [0.25, 0.3) is 6.08 Å². The van der Waals surface area contributed by atoms with Crippen molar-refractivity contribution in [1.29, 1.82) is 0 Å². The lowest BCUT2D eigenvalue weighted by molar-refractivity contribution is -0.138. The summed E-state index contributed by atoms with van der Waals surface area (Å²) in [5.74, 6) is 0.643. The van der Waals surface area contributed by atoms with Gasteiger partial charge in [0.25, 0.3) is 0 Å². The van der Waals surface area contributed by atoms with Crippen molar-refractivity contribution in [3.63, 3.8) is 0 Å². The zero-order chi connectivity index (χ0) is 33.7. The topological polar surface area (TPSA) is 119 Å². The van der Waals surface area contributed by atoms with Gasteiger partial charge in [-0.05, 0) is 91.4 Å². The van der Waals surface area contributed by atoms with Gasteiger partial charge in [-0.15, -0.1) is 0 Å². The Morgan fingerprint density at radius 3 is 1.72 bits per heavy atom. The number of aliphatic imine (C=N–C) groups is 1. The third-order valence-electron chi connectivity index (χ3n) is 6.33. The summed E-state index contributed by atoms with van der Waals surface area (Å²) in [5.41, 5.74) is 2.29. The number of hydrogen-bond donors (Lipinski definition) is 0. The molecule has 0 unspecified atom stereocenters. The van der Waals surface area contributed by atoms with E-state index >= 15 is 0 Å². The molecule has 10 nitrogen and oxygen atoms in total. The molecule has 0 atom stereocenters. The fourth-order valence-corrected chi connectivity index (χ4v) is 3.85. The summed E-state index contributed by atoms with van der Waals surface area (Å²) in [6.45, 7) is 8.37. The zero-order valence-corrected chi connectivity index (χ0v) is 26.4. The van der Waals surface area contributed by atoms with Crippen LogP contribution in [0.1, 0.15) is 36.8 Å². The second kappa shape index (κ2) is 20.4. The highest BCUT2D eigenvalue weighted by atomic mass is 16.6. The molecule has 0 aliphatic heterocycles. The first-order valence-electron chi connectivity index (χ1n) is 15.1. The van der Waals surface area contributed by atoms with Gasteiger partial charge in [0.1, 0.15) is 11.5 Å². The molecular weight excluding hydrogens is 602 g/mol. The molecule has 47 heavy (non-hydrogen) atoms. The van der Waals surface area contributed by atoms with E-state index < -0.39 is 17.9 Å². The van der Waals surface area contributed by atoms with Crippen LogP contribution in [0.15, 0.2) is 103 Å². The molecule has 0 saturated carbocycles. The Hall–Kier alpha value is -5.64. The lowest BCUT2D eigenvalue weighted by Crippen LogP contribution is -2.05. The van der Waals surface area contributed by atoms with Crippen molar-refractivity contribution in [2.75, 3.05) is 33.5 Å². The van der Waals surface area contributed by atoms with E-state index in [1.54, 1.807) is 30.5 Å². The van der Waals surface area contributed by atoms with E-state index in [1.165, 1.54) is 13.2 Å². The first kappa shape index (κ1) is 35.8. The van der Waals surface area contributed by atoms with Gasteiger partial charge in [-0.2, -0.15) is 0 Å². The number of nitrogens with zero attached hydrogens (tertiary/aromatic N) is 1. The number of unbranched alkanes of at least 4 members (excludes halogenated alkanes) is 2. The number of carbonyl (C=O) groups is 3. The maximum absolute atomic E-state index is 12.5. The van der Waals surface area contributed by atoms with E-state index in [0.717, 1.165) is 41.9 Å². The molecule has 0 saturated heterocycles. The minimum Gasteiger partial charge on any atom is -0.494 e. The van der Waals surface area contributed by atoms with E-state index in [0.29, 0.717) is 56.5 Å². The van der Waals surface area contributed by atoms with E-state index in [-0.39, 0.29) is 5.75 Å². The van der Waals surface area contributed by atoms with E-state index in [2.05, 4.69) is 18.2 Å². The third kappa shape index (κ3) is 13.9. The van der Waals surface area contributed by atoms with E-state index in [9.17, 15) is 14.4 Å². The highest BCUT2D eigenvalue weighted by Gasteiger charge is 2.09. The van der Waals surface area contributed by atoms with Gasteiger partial charge < -0.3 is 28.4 Å². The summed E-state index contributed by atoms with van der Waals surface area (Å²) in [4.78, 5) is 39.0. The molecule has 246 valence electrons. The zero-order valence-electron chi connectivity index (χ0n) is 26.4. The van der Waals surface area contributed by atoms with Gasteiger partial charge in [-0.3, -0.25) is 4.99 Å². The molecule has 0 aromatic heterocycles. The van der Waals surface area contributed by atoms with Crippen molar-refractivity contribution in [1.82, 2.24) is 0 Å². The molecule has 0 radical (unpaired) electrons. The number of methoxy groups -OCH3 is 1. The summed E-state index contributed by atoms with van der Waals surface area (Å²) in [6, 6.07) is 19.8. The van der Waals surface area contributed by atoms with Crippen molar-refractivity contribution in [3.05, 3.63) is 109 Å². The van der Waals surface area contributed by atoms with Gasteiger partial charge in [0.05, 0.1) is 39.2 Å². The van der Waals surface area contributed by atoms with Gasteiger partial charge in [-0.25, -0.2) is 14.4 Å². The molecule has 0 amide bonds. The average Bonchev–Trinajstić information content (AvgIpc) is 3.10. The lowest BCUT2D eigenvalue weighted by Gasteiger charge is -2.09. The molecule has 3 aromatic rings. The Bertz CT molecular complexity index is 1530. The molecule has 0 aliphatic rings. The van der Waals surface area contributed by atoms with Crippen LogP contribution >= 0.6 is 0 Å². The molecule has 3 rings (SSSR count). The normalized spacial score (nSPS) is 10.7. The van der Waals surface area contributed by atoms with Gasteiger partial charge in [0.2, 0.25) is 0 Å². The molecule has 0 fully saturated rings. The first-order chi connectivity index (χ1) is 22.9. The number of rotatable bonds is 20. The number of benzene rings is 3. The standard InChI is InChI=1S/C37H39NO9/c1-4-35(39)45-24-8-6-22-43-31-16-10-28(11-17-31)14-21-37(41)47-33-20-15-30(26-34(33)42-3)38-27-29-12-18-32(19-13-29)44-23-7-9-25-46-36(40)5-2/h4-5,10-21,26-27H,1-2,6-9,22-25H2,3H3/b21-14+,38-27?. The van der Waals surface area contributed by atoms with E-state index in [1.807, 2.05) is 48.5 Å². The summed E-state index contributed by atoms with van der Waals surface area (Å²) in [6.07, 6.45) is 9.85. The third-order valence-corrected chi connectivity index (χ3v) is 6.33. The van der Waals surface area contributed by atoms with Gasteiger partial charge >= 0.3 is 17.9 Å². The average molecular weight is 642 g/mol. The van der Waals surface area contributed by atoms with Crippen LogP contribution in [0.3, 0.4) is 0 Å². The van der Waals surface area contributed by atoms with Crippen molar-refractivity contribution in [2.45, 2.75) is 25.7 Å². The summed E-state index contributed by atoms with van der Waals surface area (Å²) in [5, 5.41) is 0. The van der Waals surface area contributed by atoms with Crippen molar-refractivity contribution in [3.8, 4) is 23.0 Å². The summed E-state index contributed by atoms with van der Waals surface area (Å²) < 4.78 is 32.2. The Morgan fingerprint density at radius 2 is 1.19 bits per heavy atom. The summed E-state index contributed by atoms with van der Waals surface area (Å²) >= 11 is 0. The van der Waals surface area contributed by atoms with Gasteiger partial charge in [0.15, 0.2) is 11.5 Å². The largest absolute Gasteiger partial charge is 0.494 e. The fraction of sp³-hybridized carbons (Fsp3) is 0.243. The Balaban J connectivity index is 1.42. The monoisotopic (exact) mass is 641 g/mol. The molecule has 10 heteroatoms. The SMILES string of the molecule is C=CC(=O)OCCCCOc1ccc(C=Nc2ccc(OC(=O)/C=C/c3ccc(OCCCCOC(=O)C=C)cc3)c(OC)c2)cc1. The molecule has 3 aromatic carbocycles. The van der Waals surface area contributed by atoms with Crippen molar-refractivity contribution >= 4 is 35.9 Å². The quantitative estimate of drug-likeness (QED) is 0.0429. The van der Waals surface area contributed by atoms with Crippen LogP contribution in [0.5, 0.6) is 23.0 Å². The highest BCUT2D eigenvalue weighted by molar-refractivity contribution is 5.89. The molecular formula is C37H39NO9. The molecule has 0 heterocycles. The van der Waals surface area contributed by atoms with Gasteiger partial charge in [-0.1, -0.05) is 25.3 Å². The summed E-state index contributed by atoms with van der Waals surface area (Å²) in [7, 11) is 1.49. The molecule has 0 spiro atoms. The maximum atomic E-state index is 12.5. The van der Waals surface area contributed by atoms with Gasteiger partial charge in [0, 0.05) is 30.5 Å². The predicted molar refractivity (Wildman–Crippen MR) is 180 cm³/mol. The Labute approximate surface area is 274 Å². The van der Waals surface area contributed by atoms with Crippen LogP contribution in [0.4, 0.5) is 5.69 Å². The number of ether oxygens (including phenoxy) is 6. The molecule has 0 bridgehead atoms. The van der Waals surface area contributed by atoms with Crippen LogP contribution in [0.2, 0.25) is 0 Å². The van der Waals surface area contributed by atoms with Crippen LogP contribution in [-0.2, 0) is 23.9 Å². The van der Waals surface area contributed by atoms with E-state index in [4.69, 9.17) is 28.4 Å². The smallest absolute Gasteiger partial charge is 0.336 e. The molecule has 0 aliphatic carbocycles. The van der Waals surface area contributed by atoms with Crippen LogP contribution in [-0.4, -0.2) is 57.7 Å². The lowest BCUT2D eigenvalue weighted by atomic mass is 10.2. The fourth-order valence-electron chi connectivity index (χ4n) is 3.85. The number of esters is 3. The van der Waals surface area contributed by atoms with Crippen LogP contribution < -0.4 is 18.9 Å². The van der Waals surface area contributed by atoms with Crippen LogP contribution in [0, 0.1) is 0 Å². The number of carbonyl (C=O) groups excluding carboxylic acids is 3. The first-order valence-corrected chi connectivity index (χ1v) is 15.1. The molecule has 0 N–H and O–H groups in total. The van der Waals surface area contributed by atoms with Crippen molar-refractivity contribution < 1.29 is 42.8 Å².